The van der Waals surface area contributed by atoms with Gasteiger partial charge in [-0.1, -0.05) is 55.5 Å². The van der Waals surface area contributed by atoms with Crippen LogP contribution < -0.4 is 10.6 Å². The van der Waals surface area contributed by atoms with Crippen LogP contribution in [0.15, 0.2) is 60.7 Å². The van der Waals surface area contributed by atoms with Gasteiger partial charge in [-0.2, -0.15) is 0 Å². The number of nitrogens with zero attached hydrogens (tertiary/aromatic N) is 1. The number of anilines is 1. The molecule has 0 aliphatic rings. The molecule has 3 rings (SSSR count). The minimum atomic E-state index is -0.0636. The third-order valence-corrected chi connectivity index (χ3v) is 4.83. The summed E-state index contributed by atoms with van der Waals surface area (Å²) in [5.41, 5.74) is 5.96. The summed E-state index contributed by atoms with van der Waals surface area (Å²) in [4.78, 5) is 12.9. The molecule has 1 aromatic heterocycles. The monoisotopic (exact) mass is 361 g/mol. The van der Waals surface area contributed by atoms with Crippen molar-refractivity contribution >= 4 is 11.6 Å². The topological polar surface area (TPSA) is 46.1 Å². The normalized spacial score (nSPS) is 10.8. The SMILES string of the molecule is CCNCc1ccccc1NC(=O)c1cc(C)n(Cc2ccccc2)c1C. The molecule has 3 aromatic rings. The molecule has 0 aliphatic carbocycles. The van der Waals surface area contributed by atoms with Crippen LogP contribution in [0.2, 0.25) is 0 Å². The molecule has 1 heterocycles. The first-order valence-electron chi connectivity index (χ1n) is 9.40. The van der Waals surface area contributed by atoms with Gasteiger partial charge in [0.05, 0.1) is 5.56 Å². The van der Waals surface area contributed by atoms with Crippen LogP contribution in [0.25, 0.3) is 0 Å². The highest BCUT2D eigenvalue weighted by Crippen LogP contribution is 2.21. The number of aryl methyl sites for hydroxylation is 1. The molecule has 0 unspecified atom stereocenters. The summed E-state index contributed by atoms with van der Waals surface area (Å²) >= 11 is 0. The number of hydrogen-bond donors (Lipinski definition) is 2. The Morgan fingerprint density at radius 1 is 1.00 bits per heavy atom. The number of carbonyl (C=O) groups is 1. The zero-order chi connectivity index (χ0) is 19.2. The minimum absolute atomic E-state index is 0.0636. The van der Waals surface area contributed by atoms with Crippen molar-refractivity contribution in [3.05, 3.63) is 88.7 Å². The van der Waals surface area contributed by atoms with Gasteiger partial charge in [0.2, 0.25) is 0 Å². The molecule has 0 bridgehead atoms. The van der Waals surface area contributed by atoms with E-state index in [4.69, 9.17) is 0 Å². The first-order chi connectivity index (χ1) is 13.1. The van der Waals surface area contributed by atoms with E-state index in [9.17, 15) is 4.79 Å². The molecular weight excluding hydrogens is 334 g/mol. The molecular formula is C23H27N3O. The summed E-state index contributed by atoms with van der Waals surface area (Å²) in [5, 5.41) is 6.40. The van der Waals surface area contributed by atoms with Crippen molar-refractivity contribution in [1.82, 2.24) is 9.88 Å². The van der Waals surface area contributed by atoms with Gasteiger partial charge in [-0.05, 0) is 43.7 Å². The summed E-state index contributed by atoms with van der Waals surface area (Å²) in [6.07, 6.45) is 0. The fraction of sp³-hybridized carbons (Fsp3) is 0.261. The van der Waals surface area contributed by atoms with Crippen LogP contribution in [0.3, 0.4) is 0 Å². The zero-order valence-electron chi connectivity index (χ0n) is 16.3. The average Bonchev–Trinajstić information content (AvgIpc) is 2.96. The third-order valence-electron chi connectivity index (χ3n) is 4.83. The largest absolute Gasteiger partial charge is 0.344 e. The maximum atomic E-state index is 12.9. The van der Waals surface area contributed by atoms with E-state index >= 15 is 0 Å². The van der Waals surface area contributed by atoms with E-state index in [2.05, 4.69) is 34.3 Å². The molecule has 0 saturated heterocycles. The lowest BCUT2D eigenvalue weighted by Crippen LogP contribution is -2.17. The zero-order valence-corrected chi connectivity index (χ0v) is 16.3. The summed E-state index contributed by atoms with van der Waals surface area (Å²) in [6.45, 7) is 8.52. The van der Waals surface area contributed by atoms with E-state index in [1.807, 2.05) is 62.4 Å². The van der Waals surface area contributed by atoms with Crippen LogP contribution in [-0.4, -0.2) is 17.0 Å². The summed E-state index contributed by atoms with van der Waals surface area (Å²) in [7, 11) is 0. The fourth-order valence-corrected chi connectivity index (χ4v) is 3.29. The Kier molecular flexibility index (Phi) is 6.09. The molecule has 0 radical (unpaired) electrons. The Morgan fingerprint density at radius 3 is 2.44 bits per heavy atom. The predicted octanol–water partition coefficient (Wildman–Crippen LogP) is 4.52. The van der Waals surface area contributed by atoms with Crippen LogP contribution >= 0.6 is 0 Å². The van der Waals surface area contributed by atoms with Gasteiger partial charge < -0.3 is 15.2 Å². The van der Waals surface area contributed by atoms with E-state index in [0.29, 0.717) is 0 Å². The van der Waals surface area contributed by atoms with Crippen molar-refractivity contribution in [2.75, 3.05) is 11.9 Å². The standard InChI is InChI=1S/C23H27N3O/c1-4-24-15-20-12-8-9-13-22(20)25-23(27)21-14-17(2)26(18(21)3)16-19-10-6-5-7-11-19/h5-14,24H,4,15-16H2,1-3H3,(H,25,27). The molecule has 27 heavy (non-hydrogen) atoms. The second-order valence-corrected chi connectivity index (χ2v) is 6.75. The number of hydrogen-bond acceptors (Lipinski definition) is 2. The Balaban J connectivity index is 1.81. The quantitative estimate of drug-likeness (QED) is 0.650. The fourth-order valence-electron chi connectivity index (χ4n) is 3.29. The molecule has 0 fully saturated rings. The molecule has 4 nitrogen and oxygen atoms in total. The molecule has 4 heteroatoms. The molecule has 0 spiro atoms. The van der Waals surface area contributed by atoms with Gasteiger partial charge in [-0.25, -0.2) is 0 Å². The van der Waals surface area contributed by atoms with Crippen LogP contribution in [0.4, 0.5) is 5.69 Å². The maximum absolute atomic E-state index is 12.9. The van der Waals surface area contributed by atoms with Gasteiger partial charge in [0, 0.05) is 30.2 Å². The lowest BCUT2D eigenvalue weighted by molar-refractivity contribution is 0.102. The van der Waals surface area contributed by atoms with E-state index in [1.165, 1.54) is 5.56 Å². The van der Waals surface area contributed by atoms with Crippen LogP contribution in [0, 0.1) is 13.8 Å². The molecule has 2 aromatic carbocycles. The van der Waals surface area contributed by atoms with Gasteiger partial charge in [0.1, 0.15) is 0 Å². The van der Waals surface area contributed by atoms with Crippen LogP contribution in [0.1, 0.15) is 39.8 Å². The number of carbonyl (C=O) groups excluding carboxylic acids is 1. The Hall–Kier alpha value is -2.85. The third kappa shape index (κ3) is 4.47. The van der Waals surface area contributed by atoms with Gasteiger partial charge in [-0.15, -0.1) is 0 Å². The summed E-state index contributed by atoms with van der Waals surface area (Å²) < 4.78 is 2.19. The number of nitrogens with one attached hydrogen (secondary N) is 2. The maximum Gasteiger partial charge on any atom is 0.257 e. The second-order valence-electron chi connectivity index (χ2n) is 6.75. The van der Waals surface area contributed by atoms with E-state index in [-0.39, 0.29) is 5.91 Å². The second kappa shape index (κ2) is 8.69. The predicted molar refractivity (Wildman–Crippen MR) is 111 cm³/mol. The van der Waals surface area contributed by atoms with Gasteiger partial charge in [0.15, 0.2) is 0 Å². The Morgan fingerprint density at radius 2 is 1.70 bits per heavy atom. The Bertz CT molecular complexity index is 913. The Labute approximate surface area is 161 Å². The van der Waals surface area contributed by atoms with E-state index < -0.39 is 0 Å². The van der Waals surface area contributed by atoms with Crippen molar-refractivity contribution in [1.29, 1.82) is 0 Å². The lowest BCUT2D eigenvalue weighted by Gasteiger charge is -2.12. The van der Waals surface area contributed by atoms with Crippen molar-refractivity contribution < 1.29 is 4.79 Å². The van der Waals surface area contributed by atoms with E-state index in [1.54, 1.807) is 0 Å². The highest BCUT2D eigenvalue weighted by atomic mass is 16.1. The molecule has 0 saturated carbocycles. The van der Waals surface area contributed by atoms with Gasteiger partial charge >= 0.3 is 0 Å². The van der Waals surface area contributed by atoms with Crippen molar-refractivity contribution in [3.8, 4) is 0 Å². The number of para-hydroxylation sites is 1. The molecule has 0 aliphatic heterocycles. The molecule has 2 N–H and O–H groups in total. The summed E-state index contributed by atoms with van der Waals surface area (Å²) in [6, 6.07) is 20.2. The van der Waals surface area contributed by atoms with Gasteiger partial charge in [0.25, 0.3) is 5.91 Å². The number of benzene rings is 2. The number of amides is 1. The van der Waals surface area contributed by atoms with Crippen molar-refractivity contribution in [2.24, 2.45) is 0 Å². The highest BCUT2D eigenvalue weighted by molar-refractivity contribution is 6.05. The summed E-state index contributed by atoms with van der Waals surface area (Å²) in [5.74, 6) is -0.0636. The van der Waals surface area contributed by atoms with Crippen LogP contribution in [0.5, 0.6) is 0 Å². The smallest absolute Gasteiger partial charge is 0.257 e. The number of aromatic nitrogens is 1. The number of rotatable bonds is 7. The van der Waals surface area contributed by atoms with Gasteiger partial charge in [-0.3, -0.25) is 4.79 Å². The first kappa shape index (κ1) is 18.9. The molecule has 140 valence electrons. The van der Waals surface area contributed by atoms with Crippen LogP contribution in [-0.2, 0) is 13.1 Å². The molecule has 1 amide bonds. The molecule has 0 atom stereocenters. The van der Waals surface area contributed by atoms with Crippen molar-refractivity contribution in [2.45, 2.75) is 33.9 Å². The van der Waals surface area contributed by atoms with Crippen molar-refractivity contribution in [3.63, 3.8) is 0 Å². The first-order valence-corrected chi connectivity index (χ1v) is 9.40. The average molecular weight is 361 g/mol. The minimum Gasteiger partial charge on any atom is -0.344 e. The van der Waals surface area contributed by atoms with E-state index in [0.717, 1.165) is 47.8 Å². The lowest BCUT2D eigenvalue weighted by atomic mass is 10.1. The highest BCUT2D eigenvalue weighted by Gasteiger charge is 2.17.